The largest absolute Gasteiger partial charge is 0.494 e. The molecule has 0 unspecified atom stereocenters. The summed E-state index contributed by atoms with van der Waals surface area (Å²) >= 11 is 0. The molecule has 4 aromatic carbocycles. The molecule has 0 aliphatic carbocycles. The van der Waals surface area contributed by atoms with Gasteiger partial charge in [-0.1, -0.05) is 295 Å². The van der Waals surface area contributed by atoms with Gasteiger partial charge in [0.05, 0.1) is 49.2 Å². The van der Waals surface area contributed by atoms with Crippen LogP contribution < -0.4 is 29.6 Å². The van der Waals surface area contributed by atoms with Crippen molar-refractivity contribution in [2.24, 2.45) is 9.98 Å². The zero-order chi connectivity index (χ0) is 71.3. The van der Waals surface area contributed by atoms with E-state index in [9.17, 15) is 9.59 Å². The van der Waals surface area contributed by atoms with Gasteiger partial charge in [0.25, 0.3) is 5.91 Å². The van der Waals surface area contributed by atoms with Crippen molar-refractivity contribution < 1.29 is 28.5 Å². The number of unbranched alkanes of at least 4 members (excludes halogenated alkanes) is 36. The monoisotopic (exact) mass is 1380 g/mol. The molecule has 2 N–H and O–H groups in total. The van der Waals surface area contributed by atoms with Crippen molar-refractivity contribution in [3.8, 4) is 23.0 Å². The lowest BCUT2D eigenvalue weighted by Crippen LogP contribution is -2.21. The molecule has 102 heavy (non-hydrogen) atoms. The number of nitrogens with zero attached hydrogens (tertiary/aromatic N) is 2. The third-order valence-corrected chi connectivity index (χ3v) is 20.1. The smallest absolute Gasteiger partial charge is 0.270 e. The summed E-state index contributed by atoms with van der Waals surface area (Å²) in [5, 5.41) is 1.64. The summed E-state index contributed by atoms with van der Waals surface area (Å²) in [5.41, 5.74) is 9.24. The lowest BCUT2D eigenvalue weighted by atomic mass is 10.0. The summed E-state index contributed by atoms with van der Waals surface area (Å²) in [4.78, 5) is 44.7. The number of aromatic amines is 2. The Morgan fingerprint density at radius 3 is 0.892 bits per heavy atom. The Morgan fingerprint density at radius 1 is 0.284 bits per heavy atom. The molecule has 2 aliphatic heterocycles. The predicted molar refractivity (Wildman–Crippen MR) is 429 cm³/mol. The maximum absolute atomic E-state index is 14.4. The highest BCUT2D eigenvalue weighted by Crippen LogP contribution is 2.34. The number of benzene rings is 4. The van der Waals surface area contributed by atoms with Crippen LogP contribution in [0.1, 0.15) is 323 Å². The quantitative estimate of drug-likeness (QED) is 0.0289. The molecule has 0 bridgehead atoms. The molecule has 0 saturated heterocycles. The van der Waals surface area contributed by atoms with Crippen LogP contribution in [0, 0.1) is 0 Å². The van der Waals surface area contributed by atoms with Gasteiger partial charge in [-0.2, -0.15) is 0 Å². The molecule has 2 aliphatic rings. The normalized spacial score (nSPS) is 13.8. The maximum Gasteiger partial charge on any atom is 0.270 e. The number of ether oxygens (including phenoxy) is 4. The molecule has 10 heteroatoms. The Labute approximate surface area is 614 Å². The first-order chi connectivity index (χ1) is 50.3. The van der Waals surface area contributed by atoms with Crippen molar-refractivity contribution in [2.75, 3.05) is 26.4 Å². The summed E-state index contributed by atoms with van der Waals surface area (Å²) in [6.45, 7) is 11.8. The van der Waals surface area contributed by atoms with Crippen LogP contribution in [0.3, 0.4) is 0 Å². The molecular weight excluding hydrogens is 1260 g/mol. The highest BCUT2D eigenvalue weighted by atomic mass is 16.5. The van der Waals surface area contributed by atoms with Crippen molar-refractivity contribution in [2.45, 2.75) is 285 Å². The number of hydrogen-bond donors (Lipinski definition) is 2. The van der Waals surface area contributed by atoms with E-state index in [2.05, 4.69) is 115 Å². The van der Waals surface area contributed by atoms with E-state index in [1.165, 1.54) is 224 Å². The van der Waals surface area contributed by atoms with Crippen molar-refractivity contribution in [1.29, 1.82) is 0 Å². The number of aliphatic imine (C=N–C) groups is 2. The van der Waals surface area contributed by atoms with Crippen molar-refractivity contribution in [1.82, 2.24) is 9.97 Å². The van der Waals surface area contributed by atoms with E-state index in [1.54, 1.807) is 6.08 Å². The molecule has 8 rings (SSSR count). The molecule has 0 saturated carbocycles. The van der Waals surface area contributed by atoms with Crippen LogP contribution in [-0.2, 0) is 4.79 Å². The number of carbonyl (C=O) groups is 2. The van der Waals surface area contributed by atoms with E-state index in [-0.39, 0.29) is 11.7 Å². The lowest BCUT2D eigenvalue weighted by molar-refractivity contribution is -0.113. The van der Waals surface area contributed by atoms with Gasteiger partial charge in [0, 0.05) is 44.8 Å². The van der Waals surface area contributed by atoms with Crippen LogP contribution in [0.25, 0.3) is 16.7 Å². The first-order valence-corrected chi connectivity index (χ1v) is 40.8. The standard InChI is InChI=1S/C92H126N4O6/c1-5-9-13-17-21-25-29-33-37-41-69-99-77-53-45-73(46-54-77)89(82-63-64-84(94-82)91(86-67-68-88(97)96-86)75-49-57-79(58-50-75)101-71-43-39-35-31-27-23-19-15-11-7-3)81-61-62-83(93-81)90(74-47-55-78(56-48-74)100-70-42-38-34-30-26-22-18-14-10-6-2)85-65-66-87(95-85)92(98)76-51-59-80(60-52-76)102-72-44-40-36-32-28-24-20-16-12-8-4/h45-68,94-95H,5-44,69-72H2,1-4H3/b89-82+,90-83-,91-84-. The number of rotatable bonds is 56. The molecule has 0 radical (unpaired) electrons. The van der Waals surface area contributed by atoms with E-state index in [0.717, 1.165) is 123 Å². The number of allylic oxidation sites excluding steroid dienone is 3. The van der Waals surface area contributed by atoms with Gasteiger partial charge in [-0.3, -0.25) is 9.59 Å². The lowest BCUT2D eigenvalue weighted by Gasteiger charge is -2.12. The fourth-order valence-corrected chi connectivity index (χ4v) is 13.9. The topological polar surface area (TPSA) is 127 Å². The first-order valence-electron chi connectivity index (χ1n) is 40.8. The Kier molecular flexibility index (Phi) is 37.8. The third-order valence-electron chi connectivity index (χ3n) is 20.1. The second-order valence-electron chi connectivity index (χ2n) is 28.6. The Bertz CT molecular complexity index is 3640. The molecule has 6 aromatic rings. The van der Waals surface area contributed by atoms with Crippen LogP contribution in [0.15, 0.2) is 161 Å². The Balaban J connectivity index is 1.06. The molecule has 0 atom stereocenters. The van der Waals surface area contributed by atoms with E-state index < -0.39 is 0 Å². The minimum Gasteiger partial charge on any atom is -0.494 e. The molecular formula is C92H126N4O6. The predicted octanol–water partition coefficient (Wildman–Crippen LogP) is 24.2. The Morgan fingerprint density at radius 2 is 0.569 bits per heavy atom. The highest BCUT2D eigenvalue weighted by Gasteiger charge is 2.23. The second kappa shape index (κ2) is 48.3. The molecule has 0 fully saturated rings. The number of ketones is 1. The minimum atomic E-state index is -0.284. The van der Waals surface area contributed by atoms with Gasteiger partial charge in [0.15, 0.2) is 0 Å². The molecule has 4 heterocycles. The number of amides is 1. The Hall–Kier alpha value is -7.72. The molecule has 550 valence electrons. The van der Waals surface area contributed by atoms with E-state index >= 15 is 0 Å². The zero-order valence-electron chi connectivity index (χ0n) is 63.3. The van der Waals surface area contributed by atoms with Crippen molar-refractivity contribution >= 4 is 39.8 Å². The second-order valence-corrected chi connectivity index (χ2v) is 28.6. The van der Waals surface area contributed by atoms with Crippen molar-refractivity contribution in [3.05, 3.63) is 196 Å². The molecule has 0 spiro atoms. The van der Waals surface area contributed by atoms with Crippen LogP contribution in [0.2, 0.25) is 0 Å². The summed E-state index contributed by atoms with van der Waals surface area (Å²) < 4.78 is 25.2. The number of nitrogens with one attached hydrogen (secondary N) is 2. The van der Waals surface area contributed by atoms with Gasteiger partial charge in [0.2, 0.25) is 5.78 Å². The van der Waals surface area contributed by atoms with Crippen LogP contribution in [0.5, 0.6) is 23.0 Å². The summed E-state index contributed by atoms with van der Waals surface area (Å²) in [6.07, 6.45) is 58.5. The average Bonchev–Trinajstić information content (AvgIpc) is 1.62. The van der Waals surface area contributed by atoms with Gasteiger partial charge in [0.1, 0.15) is 23.0 Å². The number of carbonyl (C=O) groups excluding carboxylic acids is 2. The van der Waals surface area contributed by atoms with Gasteiger partial charge in [-0.05, 0) is 146 Å². The number of H-pyrrole nitrogens is 2. The summed E-state index contributed by atoms with van der Waals surface area (Å²) in [7, 11) is 0. The van der Waals surface area contributed by atoms with Gasteiger partial charge >= 0.3 is 0 Å². The first kappa shape index (κ1) is 80.0. The van der Waals surface area contributed by atoms with Gasteiger partial charge in [-0.15, -0.1) is 0 Å². The third kappa shape index (κ3) is 28.5. The average molecular weight is 1380 g/mol. The molecule has 2 aromatic heterocycles. The highest BCUT2D eigenvalue weighted by molar-refractivity contribution is 6.35. The molecule has 1 amide bonds. The van der Waals surface area contributed by atoms with Gasteiger partial charge in [-0.25, -0.2) is 9.98 Å². The van der Waals surface area contributed by atoms with Gasteiger partial charge < -0.3 is 28.9 Å². The minimum absolute atomic E-state index is 0.105. The van der Waals surface area contributed by atoms with E-state index in [1.807, 2.05) is 60.7 Å². The van der Waals surface area contributed by atoms with Crippen molar-refractivity contribution in [3.63, 3.8) is 0 Å². The van der Waals surface area contributed by atoms with Crippen LogP contribution in [-0.4, -0.2) is 59.5 Å². The maximum atomic E-state index is 14.4. The van der Waals surface area contributed by atoms with Crippen LogP contribution >= 0.6 is 0 Å². The van der Waals surface area contributed by atoms with Crippen LogP contribution in [0.4, 0.5) is 0 Å². The van der Waals surface area contributed by atoms with E-state index in [4.69, 9.17) is 23.9 Å². The molecule has 10 nitrogen and oxygen atoms in total. The zero-order valence-corrected chi connectivity index (χ0v) is 63.3. The number of hydrogen-bond acceptors (Lipinski definition) is 7. The summed E-state index contributed by atoms with van der Waals surface area (Å²) in [5.74, 6) is 2.85. The fourth-order valence-electron chi connectivity index (χ4n) is 13.9. The number of aromatic nitrogens is 2. The van der Waals surface area contributed by atoms with E-state index in [0.29, 0.717) is 43.4 Å². The summed E-state index contributed by atoms with van der Waals surface area (Å²) in [6, 6.07) is 40.4. The fraction of sp³-hybridized carbons (Fsp3) is 0.522. The SMILES string of the molecule is CCCCCCCCCCCCOc1ccc(C(=O)c2ccc(/C(=C3/C=CC(C(/c4ccc(OCCCCCCCCCCCC)cc4)=c4\cc/c(=C(/C5=NC(=O)C=C5)c5ccc(OCCCCCCCCCCCC)cc5)[nH]4)=N3)c3ccc(OCCCCCCCCCCCC)cc3)[nH]2)cc1.